The molecule has 1 aromatic rings. The molecule has 0 saturated carbocycles. The lowest BCUT2D eigenvalue weighted by atomic mass is 9.97. The maximum atomic E-state index is 12.6. The Hall–Kier alpha value is -2.10. The zero-order chi connectivity index (χ0) is 24.8. The maximum absolute atomic E-state index is 12.6. The van der Waals surface area contributed by atoms with E-state index in [4.69, 9.17) is 14.2 Å². The SMILES string of the molecule is C=C1CCC[C@@H]2CC=C[C@@H](C/C=C\C(=O)O[C@H]([C@@H](O)/C=C/c3csc(C)n3)C[C@@H]3O[C@H]3[C@@H](O)C1)O2. The molecule has 0 radical (unpaired) electrons. The number of aliphatic hydroxyl groups excluding tert-OH is 2. The Kier molecular flexibility index (Phi) is 9.08. The van der Waals surface area contributed by atoms with Crippen LogP contribution in [0.3, 0.4) is 0 Å². The van der Waals surface area contributed by atoms with Crippen LogP contribution in [0.1, 0.15) is 55.6 Å². The molecule has 35 heavy (non-hydrogen) atoms. The predicted molar refractivity (Wildman–Crippen MR) is 135 cm³/mol. The molecule has 8 heteroatoms. The van der Waals surface area contributed by atoms with Gasteiger partial charge in [0.1, 0.15) is 18.3 Å². The van der Waals surface area contributed by atoms with Crippen molar-refractivity contribution in [3.8, 4) is 0 Å². The van der Waals surface area contributed by atoms with E-state index in [9.17, 15) is 15.0 Å². The lowest BCUT2D eigenvalue weighted by Crippen LogP contribution is -2.32. The monoisotopic (exact) mass is 501 g/mol. The Morgan fingerprint density at radius 2 is 2.14 bits per heavy atom. The molecular weight excluding hydrogens is 466 g/mol. The van der Waals surface area contributed by atoms with Crippen molar-refractivity contribution in [2.24, 2.45) is 0 Å². The van der Waals surface area contributed by atoms with Crippen molar-refractivity contribution >= 4 is 23.4 Å². The molecule has 2 bridgehead atoms. The van der Waals surface area contributed by atoms with Crippen LogP contribution in [0.25, 0.3) is 6.08 Å². The van der Waals surface area contributed by atoms with Gasteiger partial charge >= 0.3 is 5.97 Å². The zero-order valence-electron chi connectivity index (χ0n) is 20.1. The average molecular weight is 502 g/mol. The minimum atomic E-state index is -1.04. The summed E-state index contributed by atoms with van der Waals surface area (Å²) in [6.07, 6.45) is 12.4. The molecule has 4 rings (SSSR count). The summed E-state index contributed by atoms with van der Waals surface area (Å²) in [4.78, 5) is 16.9. The van der Waals surface area contributed by atoms with Gasteiger partial charge in [0.2, 0.25) is 0 Å². The van der Waals surface area contributed by atoms with E-state index < -0.39 is 24.3 Å². The normalized spacial score (nSPS) is 34.5. The quantitative estimate of drug-likeness (QED) is 0.366. The van der Waals surface area contributed by atoms with Gasteiger partial charge in [0, 0.05) is 17.9 Å². The smallest absolute Gasteiger partial charge is 0.330 e. The van der Waals surface area contributed by atoms with Crippen molar-refractivity contribution in [3.63, 3.8) is 0 Å². The first-order valence-electron chi connectivity index (χ1n) is 12.3. The summed E-state index contributed by atoms with van der Waals surface area (Å²) in [5.74, 6) is -0.532. The summed E-state index contributed by atoms with van der Waals surface area (Å²) in [5, 5.41) is 24.3. The molecule has 0 aromatic carbocycles. The van der Waals surface area contributed by atoms with Crippen LogP contribution in [0.5, 0.6) is 0 Å². The number of thiazole rings is 1. The van der Waals surface area contributed by atoms with Crippen molar-refractivity contribution in [1.29, 1.82) is 0 Å². The fraction of sp³-hybridized carbons (Fsp3) is 0.556. The highest BCUT2D eigenvalue weighted by atomic mass is 32.1. The number of aliphatic hydroxyl groups is 2. The largest absolute Gasteiger partial charge is 0.456 e. The maximum Gasteiger partial charge on any atom is 0.330 e. The van der Waals surface area contributed by atoms with Crippen LogP contribution in [0.2, 0.25) is 0 Å². The highest BCUT2D eigenvalue weighted by Gasteiger charge is 2.46. The van der Waals surface area contributed by atoms with Crippen molar-refractivity contribution in [1.82, 2.24) is 4.98 Å². The molecule has 4 heterocycles. The lowest BCUT2D eigenvalue weighted by Gasteiger charge is -2.25. The number of cyclic esters (lactones) is 1. The van der Waals surface area contributed by atoms with Crippen LogP contribution in [-0.4, -0.2) is 63.9 Å². The number of ether oxygens (including phenoxy) is 3. The summed E-state index contributed by atoms with van der Waals surface area (Å²) >= 11 is 1.52. The third-order valence-electron chi connectivity index (χ3n) is 6.51. The van der Waals surface area contributed by atoms with E-state index in [-0.39, 0.29) is 30.8 Å². The Morgan fingerprint density at radius 1 is 1.29 bits per heavy atom. The molecule has 1 fully saturated rings. The van der Waals surface area contributed by atoms with Crippen LogP contribution < -0.4 is 0 Å². The third-order valence-corrected chi connectivity index (χ3v) is 7.30. The molecular formula is C27H35NO6S. The summed E-state index contributed by atoms with van der Waals surface area (Å²) in [6, 6.07) is 0. The Labute approximate surface area is 210 Å². The number of aromatic nitrogens is 1. The number of esters is 1. The molecule has 0 unspecified atom stereocenters. The highest BCUT2D eigenvalue weighted by molar-refractivity contribution is 7.09. The van der Waals surface area contributed by atoms with Gasteiger partial charge in [-0.25, -0.2) is 9.78 Å². The first-order chi connectivity index (χ1) is 16.9. The van der Waals surface area contributed by atoms with Crippen LogP contribution in [-0.2, 0) is 19.0 Å². The van der Waals surface area contributed by atoms with Gasteiger partial charge < -0.3 is 24.4 Å². The van der Waals surface area contributed by atoms with Gasteiger partial charge in [0.05, 0.1) is 35.1 Å². The molecule has 0 amide bonds. The van der Waals surface area contributed by atoms with Crippen molar-refractivity contribution in [3.05, 3.63) is 58.6 Å². The van der Waals surface area contributed by atoms with E-state index in [2.05, 4.69) is 17.6 Å². The van der Waals surface area contributed by atoms with E-state index in [1.165, 1.54) is 17.4 Å². The number of fused-ring (bicyclic) bond motifs is 3. The molecule has 7 nitrogen and oxygen atoms in total. The number of rotatable bonds is 3. The number of carbonyl (C=O) groups excluding carboxylic acids is 1. The van der Waals surface area contributed by atoms with Crippen LogP contribution in [0.4, 0.5) is 0 Å². The van der Waals surface area contributed by atoms with Gasteiger partial charge in [-0.3, -0.25) is 0 Å². The first-order valence-corrected chi connectivity index (χ1v) is 13.2. The summed E-state index contributed by atoms with van der Waals surface area (Å²) in [5.41, 5.74) is 1.73. The number of aryl methyl sites for hydroxylation is 1. The Bertz CT molecular complexity index is 969. The van der Waals surface area contributed by atoms with Gasteiger partial charge in [0.15, 0.2) is 0 Å². The van der Waals surface area contributed by atoms with E-state index in [0.717, 1.165) is 42.0 Å². The second-order valence-corrected chi connectivity index (χ2v) is 10.6. The molecule has 1 saturated heterocycles. The summed E-state index contributed by atoms with van der Waals surface area (Å²) < 4.78 is 17.5. The fourth-order valence-electron chi connectivity index (χ4n) is 4.58. The molecule has 1 aromatic heterocycles. The van der Waals surface area contributed by atoms with Gasteiger partial charge in [0.25, 0.3) is 0 Å². The first kappa shape index (κ1) is 26.0. The molecule has 0 spiro atoms. The van der Waals surface area contributed by atoms with Gasteiger partial charge in [-0.1, -0.05) is 36.5 Å². The number of carbonyl (C=O) groups is 1. The minimum Gasteiger partial charge on any atom is -0.456 e. The van der Waals surface area contributed by atoms with Gasteiger partial charge in [-0.2, -0.15) is 0 Å². The standard InChI is InChI=1S/C27H35NO6S/c1-17-6-3-7-20-8-4-9-21(32-20)10-5-11-26(31)33-24(15-25-27(34-25)23(30)14-17)22(29)13-12-19-16-35-18(2)28-19/h4-5,9,11-13,16,20-25,27,29-30H,1,3,6-8,10,14-15H2,2H3/b11-5-,13-12+/t20-,21+,22+,23+,24+,25+,27+/m1/s1. The number of nitrogens with zero attached hydrogens (tertiary/aromatic N) is 1. The fourth-order valence-corrected chi connectivity index (χ4v) is 5.16. The van der Waals surface area contributed by atoms with E-state index in [1.807, 2.05) is 18.4 Å². The second-order valence-electron chi connectivity index (χ2n) is 9.50. The lowest BCUT2D eigenvalue weighted by molar-refractivity contribution is -0.147. The Balaban J connectivity index is 1.45. The topological polar surface area (TPSA) is 101 Å². The molecule has 190 valence electrons. The van der Waals surface area contributed by atoms with Crippen LogP contribution in [0, 0.1) is 6.92 Å². The Morgan fingerprint density at radius 3 is 2.94 bits per heavy atom. The van der Waals surface area contributed by atoms with E-state index in [1.54, 1.807) is 18.2 Å². The zero-order valence-corrected chi connectivity index (χ0v) is 20.9. The average Bonchev–Trinajstić information content (AvgIpc) is 3.47. The summed E-state index contributed by atoms with van der Waals surface area (Å²) in [6.45, 7) is 6.05. The predicted octanol–water partition coefficient (Wildman–Crippen LogP) is 4.05. The minimum absolute atomic E-state index is 0.0757. The molecule has 2 N–H and O–H groups in total. The third kappa shape index (κ3) is 7.95. The highest BCUT2D eigenvalue weighted by Crippen LogP contribution is 2.34. The number of hydrogen-bond donors (Lipinski definition) is 2. The van der Waals surface area contributed by atoms with Gasteiger partial charge in [-0.15, -0.1) is 11.3 Å². The van der Waals surface area contributed by atoms with Crippen LogP contribution in [0.15, 0.2) is 47.9 Å². The van der Waals surface area contributed by atoms with Gasteiger partial charge in [-0.05, 0) is 51.5 Å². The number of hydrogen-bond acceptors (Lipinski definition) is 8. The molecule has 3 aliphatic heterocycles. The molecule has 7 atom stereocenters. The summed E-state index contributed by atoms with van der Waals surface area (Å²) in [7, 11) is 0. The van der Waals surface area contributed by atoms with Crippen molar-refractivity contribution in [2.45, 2.75) is 94.6 Å². The molecule has 0 aliphatic carbocycles. The van der Waals surface area contributed by atoms with Crippen molar-refractivity contribution in [2.75, 3.05) is 0 Å². The van der Waals surface area contributed by atoms with Crippen LogP contribution >= 0.6 is 11.3 Å². The molecule has 3 aliphatic rings. The van der Waals surface area contributed by atoms with E-state index >= 15 is 0 Å². The second kappa shape index (κ2) is 12.2. The van der Waals surface area contributed by atoms with E-state index in [0.29, 0.717) is 12.8 Å². The number of epoxide rings is 1. The van der Waals surface area contributed by atoms with Crippen molar-refractivity contribution < 1.29 is 29.2 Å².